The minimum Gasteiger partial charge on any atom is -0.312 e. The highest BCUT2D eigenvalue weighted by atomic mass is 16.6. The summed E-state index contributed by atoms with van der Waals surface area (Å²) in [6, 6.07) is 0.460. The SMILES string of the molecule is CCCn1cc([N+](=O)[O-])c(=O)n(CCNC2CC2)c1=O. The van der Waals surface area contributed by atoms with Crippen molar-refractivity contribution in [3.05, 3.63) is 37.1 Å². The molecule has 1 aromatic rings. The molecule has 0 amide bonds. The standard InChI is InChI=1S/C12H18N4O4/c1-2-6-14-8-10(16(19)20)11(17)15(12(14)18)7-5-13-9-3-4-9/h8-9,13H,2-7H2,1H3. The van der Waals surface area contributed by atoms with Gasteiger partial charge in [-0.2, -0.15) is 0 Å². The first-order valence-corrected chi connectivity index (χ1v) is 6.76. The van der Waals surface area contributed by atoms with E-state index in [0.717, 1.165) is 23.6 Å². The molecule has 1 aromatic heterocycles. The fourth-order valence-corrected chi connectivity index (χ4v) is 2.03. The zero-order chi connectivity index (χ0) is 14.7. The summed E-state index contributed by atoms with van der Waals surface area (Å²) < 4.78 is 2.18. The van der Waals surface area contributed by atoms with Crippen LogP contribution in [0.4, 0.5) is 5.69 Å². The maximum Gasteiger partial charge on any atom is 0.350 e. The van der Waals surface area contributed by atoms with Crippen LogP contribution >= 0.6 is 0 Å². The van der Waals surface area contributed by atoms with E-state index in [1.165, 1.54) is 4.57 Å². The first-order chi connectivity index (χ1) is 9.54. The van der Waals surface area contributed by atoms with Crippen molar-refractivity contribution in [2.45, 2.75) is 45.3 Å². The maximum atomic E-state index is 12.1. The second-order valence-corrected chi connectivity index (χ2v) is 4.93. The number of nitrogens with one attached hydrogen (secondary N) is 1. The highest BCUT2D eigenvalue weighted by Gasteiger charge is 2.22. The summed E-state index contributed by atoms with van der Waals surface area (Å²) in [5.74, 6) is 0. The Labute approximate surface area is 115 Å². The van der Waals surface area contributed by atoms with E-state index in [9.17, 15) is 19.7 Å². The molecule has 8 nitrogen and oxygen atoms in total. The second-order valence-electron chi connectivity index (χ2n) is 4.93. The van der Waals surface area contributed by atoms with Gasteiger partial charge in [-0.25, -0.2) is 4.79 Å². The molecule has 0 atom stereocenters. The van der Waals surface area contributed by atoms with E-state index in [1.807, 2.05) is 6.92 Å². The van der Waals surface area contributed by atoms with Crippen LogP contribution in [-0.4, -0.2) is 26.6 Å². The normalized spacial score (nSPS) is 14.4. The lowest BCUT2D eigenvalue weighted by atomic mass is 10.4. The summed E-state index contributed by atoms with van der Waals surface area (Å²) >= 11 is 0. The summed E-state index contributed by atoms with van der Waals surface area (Å²) in [5.41, 5.74) is -1.87. The number of nitrogens with zero attached hydrogens (tertiary/aromatic N) is 3. The highest BCUT2D eigenvalue weighted by Crippen LogP contribution is 2.17. The lowest BCUT2D eigenvalue weighted by Gasteiger charge is -2.09. The number of nitro groups is 1. The van der Waals surface area contributed by atoms with Crippen molar-refractivity contribution >= 4 is 5.69 Å². The Hall–Kier alpha value is -1.96. The first kappa shape index (κ1) is 14.4. The molecular formula is C12H18N4O4. The van der Waals surface area contributed by atoms with Gasteiger partial charge in [0.25, 0.3) is 0 Å². The van der Waals surface area contributed by atoms with Crippen molar-refractivity contribution < 1.29 is 4.92 Å². The zero-order valence-corrected chi connectivity index (χ0v) is 11.4. The number of hydrogen-bond acceptors (Lipinski definition) is 5. The van der Waals surface area contributed by atoms with Crippen LogP contribution in [0.2, 0.25) is 0 Å². The molecule has 20 heavy (non-hydrogen) atoms. The van der Waals surface area contributed by atoms with E-state index in [4.69, 9.17) is 0 Å². The van der Waals surface area contributed by atoms with Crippen LogP contribution in [0.15, 0.2) is 15.8 Å². The van der Waals surface area contributed by atoms with Crippen LogP contribution in [0, 0.1) is 10.1 Å². The topological polar surface area (TPSA) is 99.2 Å². The van der Waals surface area contributed by atoms with Crippen molar-refractivity contribution in [3.63, 3.8) is 0 Å². The third-order valence-electron chi connectivity index (χ3n) is 3.23. The van der Waals surface area contributed by atoms with Crippen molar-refractivity contribution in [2.75, 3.05) is 6.54 Å². The Kier molecular flexibility index (Phi) is 4.33. The molecule has 8 heteroatoms. The van der Waals surface area contributed by atoms with Crippen LogP contribution < -0.4 is 16.6 Å². The lowest BCUT2D eigenvalue weighted by molar-refractivity contribution is -0.387. The molecule has 1 heterocycles. The molecule has 0 radical (unpaired) electrons. The molecule has 1 N–H and O–H groups in total. The van der Waals surface area contributed by atoms with Gasteiger partial charge in [0.15, 0.2) is 0 Å². The maximum absolute atomic E-state index is 12.1. The van der Waals surface area contributed by atoms with E-state index in [0.29, 0.717) is 25.6 Å². The number of aryl methyl sites for hydroxylation is 1. The second kappa shape index (κ2) is 6.00. The van der Waals surface area contributed by atoms with Gasteiger partial charge in [0.2, 0.25) is 0 Å². The van der Waals surface area contributed by atoms with Gasteiger partial charge < -0.3 is 5.32 Å². The Balaban J connectivity index is 2.32. The minimum atomic E-state index is -0.829. The summed E-state index contributed by atoms with van der Waals surface area (Å²) in [4.78, 5) is 34.2. The van der Waals surface area contributed by atoms with Gasteiger partial charge in [-0.05, 0) is 19.3 Å². The monoisotopic (exact) mass is 282 g/mol. The molecule has 1 aliphatic rings. The number of hydrogen-bond donors (Lipinski definition) is 1. The predicted molar refractivity (Wildman–Crippen MR) is 72.9 cm³/mol. The number of rotatable bonds is 7. The molecule has 1 aliphatic carbocycles. The van der Waals surface area contributed by atoms with Crippen molar-refractivity contribution in [1.82, 2.24) is 14.5 Å². The highest BCUT2D eigenvalue weighted by molar-refractivity contribution is 5.21. The Morgan fingerprint density at radius 2 is 2.10 bits per heavy atom. The average molecular weight is 282 g/mol. The van der Waals surface area contributed by atoms with Crippen LogP contribution in [0.1, 0.15) is 26.2 Å². The summed E-state index contributed by atoms with van der Waals surface area (Å²) in [7, 11) is 0. The Bertz CT molecular complexity index is 615. The van der Waals surface area contributed by atoms with Crippen molar-refractivity contribution in [2.24, 2.45) is 0 Å². The van der Waals surface area contributed by atoms with Crippen LogP contribution in [0.3, 0.4) is 0 Å². The molecular weight excluding hydrogens is 264 g/mol. The van der Waals surface area contributed by atoms with Gasteiger partial charge >= 0.3 is 16.9 Å². The molecule has 2 rings (SSSR count). The molecule has 1 fully saturated rings. The molecule has 0 spiro atoms. The molecule has 0 aliphatic heterocycles. The minimum absolute atomic E-state index is 0.152. The number of aromatic nitrogens is 2. The van der Waals surface area contributed by atoms with Gasteiger partial charge in [0.05, 0.1) is 11.1 Å². The molecule has 0 saturated heterocycles. The third kappa shape index (κ3) is 3.13. The van der Waals surface area contributed by atoms with E-state index < -0.39 is 21.9 Å². The summed E-state index contributed by atoms with van der Waals surface area (Å²) in [5, 5.41) is 14.1. The first-order valence-electron chi connectivity index (χ1n) is 6.76. The van der Waals surface area contributed by atoms with Crippen LogP contribution in [-0.2, 0) is 13.1 Å². The van der Waals surface area contributed by atoms with Gasteiger partial charge in [0.1, 0.15) is 0 Å². The van der Waals surface area contributed by atoms with Crippen LogP contribution in [0.5, 0.6) is 0 Å². The zero-order valence-electron chi connectivity index (χ0n) is 11.4. The molecule has 0 unspecified atom stereocenters. The van der Waals surface area contributed by atoms with Gasteiger partial charge in [-0.15, -0.1) is 0 Å². The van der Waals surface area contributed by atoms with Gasteiger partial charge in [-0.1, -0.05) is 6.92 Å². The van der Waals surface area contributed by atoms with Gasteiger partial charge in [0, 0.05) is 25.7 Å². The molecule has 0 bridgehead atoms. The Morgan fingerprint density at radius 3 is 2.65 bits per heavy atom. The van der Waals surface area contributed by atoms with Crippen molar-refractivity contribution in [3.8, 4) is 0 Å². The third-order valence-corrected chi connectivity index (χ3v) is 3.23. The van der Waals surface area contributed by atoms with Gasteiger partial charge in [-0.3, -0.25) is 24.0 Å². The molecule has 110 valence electrons. The predicted octanol–water partition coefficient (Wildman–Crippen LogP) is 0.0802. The van der Waals surface area contributed by atoms with Crippen LogP contribution in [0.25, 0.3) is 0 Å². The summed E-state index contributed by atoms with van der Waals surface area (Å²) in [6.45, 7) is 2.84. The van der Waals surface area contributed by atoms with Crippen molar-refractivity contribution in [1.29, 1.82) is 0 Å². The lowest BCUT2D eigenvalue weighted by Crippen LogP contribution is -2.42. The fourth-order valence-electron chi connectivity index (χ4n) is 2.03. The van der Waals surface area contributed by atoms with E-state index in [-0.39, 0.29) is 6.54 Å². The molecule has 0 aromatic carbocycles. The molecule has 1 saturated carbocycles. The summed E-state index contributed by atoms with van der Waals surface area (Å²) in [6.07, 6.45) is 3.91. The fraction of sp³-hybridized carbons (Fsp3) is 0.667. The smallest absolute Gasteiger partial charge is 0.312 e. The van der Waals surface area contributed by atoms with E-state index in [1.54, 1.807) is 0 Å². The van der Waals surface area contributed by atoms with E-state index in [2.05, 4.69) is 5.32 Å². The quantitative estimate of drug-likeness (QED) is 0.564. The Morgan fingerprint density at radius 1 is 1.40 bits per heavy atom. The average Bonchev–Trinajstić information content (AvgIpc) is 3.20. The van der Waals surface area contributed by atoms with E-state index >= 15 is 0 Å². The largest absolute Gasteiger partial charge is 0.350 e.